The first-order valence-electron chi connectivity index (χ1n) is 12.4. The molecule has 0 aliphatic carbocycles. The number of rotatable bonds is 11. The summed E-state index contributed by atoms with van der Waals surface area (Å²) in [5.74, 6) is -0.660. The fourth-order valence-electron chi connectivity index (χ4n) is 4.02. The normalized spacial score (nSPS) is 11.9. The fraction of sp³-hybridized carbons (Fsp3) is 0.129. The highest BCUT2D eigenvalue weighted by molar-refractivity contribution is 6.01. The number of nitrogens with one attached hydrogen (secondary N) is 3. The zero-order chi connectivity index (χ0) is 28.5. The molecule has 5 N–H and O–H groups in total. The molecule has 9 heteroatoms. The summed E-state index contributed by atoms with van der Waals surface area (Å²) in [7, 11) is 1.49. The molecule has 9 nitrogen and oxygen atoms in total. The summed E-state index contributed by atoms with van der Waals surface area (Å²) in [6.45, 7) is 1.53. The van der Waals surface area contributed by atoms with Gasteiger partial charge in [-0.3, -0.25) is 15.0 Å². The van der Waals surface area contributed by atoms with Crippen LogP contribution in [0.1, 0.15) is 23.6 Å². The maximum Gasteiger partial charge on any atom is 0.305 e. The van der Waals surface area contributed by atoms with Crippen molar-refractivity contribution in [1.29, 1.82) is 5.41 Å². The Balaban J connectivity index is 1.77. The van der Waals surface area contributed by atoms with E-state index in [2.05, 4.69) is 10.6 Å². The zero-order valence-corrected chi connectivity index (χ0v) is 22.1. The third-order valence-electron chi connectivity index (χ3n) is 5.97. The Morgan fingerprint density at radius 3 is 2.10 bits per heavy atom. The van der Waals surface area contributed by atoms with Crippen LogP contribution in [0, 0.1) is 5.41 Å². The van der Waals surface area contributed by atoms with E-state index in [1.807, 2.05) is 36.4 Å². The van der Waals surface area contributed by atoms with E-state index in [4.69, 9.17) is 25.4 Å². The molecule has 1 atom stereocenters. The zero-order valence-electron chi connectivity index (χ0n) is 22.1. The van der Waals surface area contributed by atoms with E-state index < -0.39 is 17.6 Å². The molecule has 40 heavy (non-hydrogen) atoms. The van der Waals surface area contributed by atoms with E-state index in [0.29, 0.717) is 35.0 Å². The second-order valence-electron chi connectivity index (χ2n) is 8.85. The van der Waals surface area contributed by atoms with E-state index in [1.165, 1.54) is 14.0 Å². The van der Waals surface area contributed by atoms with E-state index in [0.717, 1.165) is 5.56 Å². The van der Waals surface area contributed by atoms with Crippen molar-refractivity contribution in [1.82, 2.24) is 0 Å². The molecule has 4 aromatic rings. The van der Waals surface area contributed by atoms with Crippen LogP contribution in [0.25, 0.3) is 0 Å². The highest BCUT2D eigenvalue weighted by Crippen LogP contribution is 2.37. The number of ether oxygens (including phenoxy) is 3. The molecular formula is C31H30N4O5. The lowest BCUT2D eigenvalue weighted by Crippen LogP contribution is -2.50. The van der Waals surface area contributed by atoms with Gasteiger partial charge < -0.3 is 30.6 Å². The molecule has 204 valence electrons. The van der Waals surface area contributed by atoms with Crippen LogP contribution in [0.2, 0.25) is 0 Å². The van der Waals surface area contributed by atoms with Crippen LogP contribution < -0.4 is 25.8 Å². The van der Waals surface area contributed by atoms with Gasteiger partial charge in [0.15, 0.2) is 11.5 Å². The number of hydrogen-bond donors (Lipinski definition) is 4. The molecule has 0 saturated carbocycles. The first-order chi connectivity index (χ1) is 19.3. The van der Waals surface area contributed by atoms with Crippen molar-refractivity contribution in [2.24, 2.45) is 5.73 Å². The average Bonchev–Trinajstić information content (AvgIpc) is 2.96. The quantitative estimate of drug-likeness (QED) is 0.0911. The standard InChI is InChI=1S/C31H30N4O5/c1-21(36)40-31(30(37)34-25-11-7-4-8-12-25,35-26-16-13-23(14-17-26)29(32)33)24-15-18-27(28(19-24)38-2)39-20-22-9-5-3-6-10-22/h3-19,35H,20H2,1-2H3,(H3,32,33)(H,34,37)/t31-/m0/s1. The molecule has 0 radical (unpaired) electrons. The van der Waals surface area contributed by atoms with Crippen LogP contribution in [0.4, 0.5) is 11.4 Å². The number of amidine groups is 1. The summed E-state index contributed by atoms with van der Waals surface area (Å²) >= 11 is 0. The molecule has 0 unspecified atom stereocenters. The first-order valence-corrected chi connectivity index (χ1v) is 12.4. The van der Waals surface area contributed by atoms with Gasteiger partial charge in [-0.05, 0) is 60.2 Å². The Bertz CT molecular complexity index is 1480. The summed E-state index contributed by atoms with van der Waals surface area (Å²) in [6, 6.07) is 29.9. The number of methoxy groups -OCH3 is 1. The number of para-hydroxylation sites is 1. The van der Waals surface area contributed by atoms with Crippen LogP contribution in [-0.2, 0) is 26.7 Å². The summed E-state index contributed by atoms with van der Waals surface area (Å²) in [4.78, 5) is 26.4. The Morgan fingerprint density at radius 2 is 1.50 bits per heavy atom. The minimum Gasteiger partial charge on any atom is -0.493 e. The number of carbonyl (C=O) groups is 2. The molecule has 0 saturated heterocycles. The lowest BCUT2D eigenvalue weighted by atomic mass is 9.99. The topological polar surface area (TPSA) is 136 Å². The first kappa shape index (κ1) is 27.7. The van der Waals surface area contributed by atoms with Crippen LogP contribution in [0.5, 0.6) is 11.5 Å². The van der Waals surface area contributed by atoms with E-state index in [9.17, 15) is 9.59 Å². The number of amides is 1. The van der Waals surface area contributed by atoms with Crippen molar-refractivity contribution in [3.8, 4) is 11.5 Å². The van der Waals surface area contributed by atoms with Crippen molar-refractivity contribution >= 4 is 29.1 Å². The van der Waals surface area contributed by atoms with Gasteiger partial charge in [0.25, 0.3) is 11.6 Å². The van der Waals surface area contributed by atoms with Gasteiger partial charge in [0.2, 0.25) is 0 Å². The number of carbonyl (C=O) groups excluding carboxylic acids is 2. The molecule has 1 amide bonds. The fourth-order valence-corrected chi connectivity index (χ4v) is 4.02. The summed E-state index contributed by atoms with van der Waals surface area (Å²) in [5, 5.41) is 13.6. The van der Waals surface area contributed by atoms with Gasteiger partial charge in [-0.15, -0.1) is 0 Å². The molecule has 0 aliphatic rings. The molecule has 0 fully saturated rings. The Morgan fingerprint density at radius 1 is 0.850 bits per heavy atom. The van der Waals surface area contributed by atoms with Crippen molar-refractivity contribution in [3.63, 3.8) is 0 Å². The second-order valence-corrected chi connectivity index (χ2v) is 8.85. The molecule has 0 spiro atoms. The number of hydrogen-bond acceptors (Lipinski definition) is 7. The van der Waals surface area contributed by atoms with Crippen molar-refractivity contribution in [3.05, 3.63) is 120 Å². The van der Waals surface area contributed by atoms with Gasteiger partial charge >= 0.3 is 5.97 Å². The number of benzene rings is 4. The summed E-state index contributed by atoms with van der Waals surface area (Å²) < 4.78 is 17.4. The van der Waals surface area contributed by atoms with Crippen LogP contribution in [0.15, 0.2) is 103 Å². The van der Waals surface area contributed by atoms with E-state index >= 15 is 0 Å². The SMILES string of the molecule is COc1cc([C@](Nc2ccc(C(=N)N)cc2)(OC(C)=O)C(=O)Nc2ccccc2)ccc1OCc1ccccc1. The van der Waals surface area contributed by atoms with Gasteiger partial charge in [-0.1, -0.05) is 48.5 Å². The van der Waals surface area contributed by atoms with Crippen molar-refractivity contribution in [2.45, 2.75) is 19.3 Å². The smallest absolute Gasteiger partial charge is 0.305 e. The number of esters is 1. The minimum atomic E-state index is -2.01. The molecule has 0 aromatic heterocycles. The van der Waals surface area contributed by atoms with E-state index in [-0.39, 0.29) is 11.4 Å². The maximum absolute atomic E-state index is 14.0. The minimum absolute atomic E-state index is 0.101. The molecule has 0 heterocycles. The number of nitrogens with two attached hydrogens (primary N) is 1. The molecule has 4 rings (SSSR count). The van der Waals surface area contributed by atoms with Gasteiger partial charge in [0, 0.05) is 29.4 Å². The van der Waals surface area contributed by atoms with Gasteiger partial charge in [-0.2, -0.15) is 0 Å². The molecular weight excluding hydrogens is 508 g/mol. The van der Waals surface area contributed by atoms with Crippen molar-refractivity contribution in [2.75, 3.05) is 17.7 Å². The highest BCUT2D eigenvalue weighted by atomic mass is 16.6. The average molecular weight is 539 g/mol. The Hall–Kier alpha value is -5.31. The summed E-state index contributed by atoms with van der Waals surface area (Å²) in [6.07, 6.45) is 0. The largest absolute Gasteiger partial charge is 0.493 e. The van der Waals surface area contributed by atoms with Crippen LogP contribution in [-0.4, -0.2) is 24.8 Å². The predicted octanol–water partition coefficient (Wildman–Crippen LogP) is 5.02. The predicted molar refractivity (Wildman–Crippen MR) is 153 cm³/mol. The van der Waals surface area contributed by atoms with Gasteiger partial charge in [-0.25, -0.2) is 0 Å². The third kappa shape index (κ3) is 6.57. The second kappa shape index (κ2) is 12.5. The van der Waals surface area contributed by atoms with Crippen molar-refractivity contribution < 1.29 is 23.8 Å². The molecule has 4 aromatic carbocycles. The lowest BCUT2D eigenvalue weighted by molar-refractivity contribution is -0.162. The third-order valence-corrected chi connectivity index (χ3v) is 5.97. The van der Waals surface area contributed by atoms with Gasteiger partial charge in [0.05, 0.1) is 7.11 Å². The van der Waals surface area contributed by atoms with E-state index in [1.54, 1.807) is 66.7 Å². The number of nitrogen functional groups attached to an aromatic ring is 1. The number of anilines is 2. The highest BCUT2D eigenvalue weighted by Gasteiger charge is 2.45. The van der Waals surface area contributed by atoms with Crippen LogP contribution in [0.3, 0.4) is 0 Å². The monoisotopic (exact) mass is 538 g/mol. The molecule has 0 aliphatic heterocycles. The Labute approximate surface area is 232 Å². The Kier molecular flexibility index (Phi) is 8.65. The lowest BCUT2D eigenvalue weighted by Gasteiger charge is -2.34. The maximum atomic E-state index is 14.0. The van der Waals surface area contributed by atoms with Crippen LogP contribution >= 0.6 is 0 Å². The summed E-state index contributed by atoms with van der Waals surface area (Å²) in [5.41, 5.74) is 6.29. The molecule has 0 bridgehead atoms. The van der Waals surface area contributed by atoms with Gasteiger partial charge in [0.1, 0.15) is 12.4 Å².